The molecule has 0 unspecified atom stereocenters. The zero-order chi connectivity index (χ0) is 13.8. The van der Waals surface area contributed by atoms with E-state index < -0.39 is 0 Å². The minimum atomic E-state index is 0.170. The zero-order valence-electron chi connectivity index (χ0n) is 11.6. The van der Waals surface area contributed by atoms with Crippen LogP contribution in [0.1, 0.15) is 25.3 Å². The van der Waals surface area contributed by atoms with Crippen molar-refractivity contribution >= 4 is 23.2 Å². The summed E-state index contributed by atoms with van der Waals surface area (Å²) in [5.74, 6) is 0.913. The summed E-state index contributed by atoms with van der Waals surface area (Å²) in [4.78, 5) is 14.0. The van der Waals surface area contributed by atoms with E-state index in [4.69, 9.17) is 11.6 Å². The third kappa shape index (κ3) is 3.87. The van der Waals surface area contributed by atoms with Crippen LogP contribution in [0.5, 0.6) is 0 Å². The van der Waals surface area contributed by atoms with Crippen LogP contribution < -0.4 is 5.32 Å². The molecule has 0 aliphatic carbocycles. The highest BCUT2D eigenvalue weighted by atomic mass is 35.5. The molecule has 1 amide bonds. The van der Waals surface area contributed by atoms with Crippen LogP contribution in [0.25, 0.3) is 0 Å². The van der Waals surface area contributed by atoms with Crippen molar-refractivity contribution in [3.05, 3.63) is 28.8 Å². The number of anilines is 1. The lowest BCUT2D eigenvalue weighted by Gasteiger charge is -2.30. The fourth-order valence-corrected chi connectivity index (χ4v) is 2.43. The van der Waals surface area contributed by atoms with Crippen LogP contribution in [-0.2, 0) is 4.79 Å². The molecule has 1 aromatic rings. The number of piperidine rings is 1. The summed E-state index contributed by atoms with van der Waals surface area (Å²) in [6.07, 6.45) is 2.23. The van der Waals surface area contributed by atoms with Crippen LogP contribution in [0.2, 0.25) is 5.02 Å². The molecule has 1 fully saturated rings. The Balaban J connectivity index is 1.84. The van der Waals surface area contributed by atoms with Gasteiger partial charge in [0.05, 0.1) is 6.54 Å². The maximum atomic E-state index is 12.1. The van der Waals surface area contributed by atoms with Crippen molar-refractivity contribution in [2.24, 2.45) is 5.92 Å². The molecule has 3 nitrogen and oxygen atoms in total. The topological polar surface area (TPSA) is 32.3 Å². The van der Waals surface area contributed by atoms with Gasteiger partial charge in [0, 0.05) is 23.8 Å². The van der Waals surface area contributed by atoms with Crippen molar-refractivity contribution in [2.45, 2.75) is 26.7 Å². The first kappa shape index (κ1) is 14.2. The van der Waals surface area contributed by atoms with Crippen molar-refractivity contribution in [2.75, 3.05) is 25.0 Å². The van der Waals surface area contributed by atoms with E-state index in [1.165, 1.54) is 0 Å². The average Bonchev–Trinajstić information content (AvgIpc) is 2.40. The number of amides is 1. The number of hydrogen-bond acceptors (Lipinski definition) is 2. The fourth-order valence-electron chi connectivity index (χ4n) is 2.25. The first-order valence-corrected chi connectivity index (χ1v) is 7.22. The quantitative estimate of drug-likeness (QED) is 0.921. The van der Waals surface area contributed by atoms with Crippen LogP contribution in [0, 0.1) is 12.8 Å². The highest BCUT2D eigenvalue weighted by Gasteiger charge is 2.19. The minimum Gasteiger partial charge on any atom is -0.376 e. The predicted octanol–water partition coefficient (Wildman–Crippen LogP) is 3.32. The van der Waals surface area contributed by atoms with Gasteiger partial charge >= 0.3 is 0 Å². The SMILES string of the molecule is Cc1ccc(NCC(=O)N2CCC(C)CC2)cc1Cl. The number of rotatable bonds is 3. The Hall–Kier alpha value is -1.22. The monoisotopic (exact) mass is 280 g/mol. The van der Waals surface area contributed by atoms with Crippen molar-refractivity contribution in [3.63, 3.8) is 0 Å². The molecule has 19 heavy (non-hydrogen) atoms. The number of aryl methyl sites for hydroxylation is 1. The number of hydrogen-bond donors (Lipinski definition) is 1. The van der Waals surface area contributed by atoms with Gasteiger partial charge < -0.3 is 10.2 Å². The molecule has 1 N–H and O–H groups in total. The van der Waals surface area contributed by atoms with Gasteiger partial charge in [0.15, 0.2) is 0 Å². The second-order valence-electron chi connectivity index (χ2n) is 5.38. The highest BCUT2D eigenvalue weighted by Crippen LogP contribution is 2.20. The van der Waals surface area contributed by atoms with E-state index >= 15 is 0 Å². The molecule has 1 aromatic carbocycles. The standard InChI is InChI=1S/C15H21ClN2O/c1-11-5-7-18(8-6-11)15(19)10-17-13-4-3-12(2)14(16)9-13/h3-4,9,11,17H,5-8,10H2,1-2H3. The Morgan fingerprint density at radius 3 is 2.74 bits per heavy atom. The Labute approximate surface area is 119 Å². The molecule has 1 aliphatic heterocycles. The number of nitrogens with one attached hydrogen (secondary N) is 1. The molecule has 0 radical (unpaired) electrons. The van der Waals surface area contributed by atoms with Crippen LogP contribution in [-0.4, -0.2) is 30.4 Å². The van der Waals surface area contributed by atoms with E-state index in [1.54, 1.807) is 0 Å². The van der Waals surface area contributed by atoms with Crippen LogP contribution >= 0.6 is 11.6 Å². The summed E-state index contributed by atoms with van der Waals surface area (Å²) in [5.41, 5.74) is 1.94. The van der Waals surface area contributed by atoms with Crippen molar-refractivity contribution in [1.29, 1.82) is 0 Å². The predicted molar refractivity (Wildman–Crippen MR) is 79.7 cm³/mol. The van der Waals surface area contributed by atoms with Gasteiger partial charge in [0.1, 0.15) is 0 Å². The van der Waals surface area contributed by atoms with E-state index in [0.29, 0.717) is 6.54 Å². The lowest BCUT2D eigenvalue weighted by molar-refractivity contribution is -0.130. The van der Waals surface area contributed by atoms with E-state index in [2.05, 4.69) is 12.2 Å². The maximum absolute atomic E-state index is 12.1. The van der Waals surface area contributed by atoms with Gasteiger partial charge in [-0.25, -0.2) is 0 Å². The molecule has 1 saturated heterocycles. The molecule has 104 valence electrons. The smallest absolute Gasteiger partial charge is 0.241 e. The first-order valence-electron chi connectivity index (χ1n) is 6.84. The number of nitrogens with zero attached hydrogens (tertiary/aromatic N) is 1. The molecular formula is C15H21ClN2O. The largest absolute Gasteiger partial charge is 0.376 e. The van der Waals surface area contributed by atoms with Crippen LogP contribution in [0.15, 0.2) is 18.2 Å². The normalized spacial score (nSPS) is 16.5. The number of benzene rings is 1. The van der Waals surface area contributed by atoms with Crippen LogP contribution in [0.4, 0.5) is 5.69 Å². The zero-order valence-corrected chi connectivity index (χ0v) is 12.3. The second kappa shape index (κ2) is 6.29. The summed E-state index contributed by atoms with van der Waals surface area (Å²) >= 11 is 6.06. The third-order valence-corrected chi connectivity index (χ3v) is 4.16. The fraction of sp³-hybridized carbons (Fsp3) is 0.533. The molecule has 1 heterocycles. The molecule has 0 bridgehead atoms. The van der Waals surface area contributed by atoms with Gasteiger partial charge in [0.2, 0.25) is 5.91 Å². The molecule has 0 spiro atoms. The summed E-state index contributed by atoms with van der Waals surface area (Å²) in [5, 5.41) is 3.87. The Bertz CT molecular complexity index is 453. The minimum absolute atomic E-state index is 0.170. The van der Waals surface area contributed by atoms with Gasteiger partial charge in [-0.1, -0.05) is 24.6 Å². The molecule has 0 saturated carbocycles. The third-order valence-electron chi connectivity index (χ3n) is 3.75. The second-order valence-corrected chi connectivity index (χ2v) is 5.79. The van der Waals surface area contributed by atoms with E-state index in [0.717, 1.165) is 48.1 Å². The van der Waals surface area contributed by atoms with Gasteiger partial charge in [-0.2, -0.15) is 0 Å². The number of carbonyl (C=O) groups excluding carboxylic acids is 1. The average molecular weight is 281 g/mol. The van der Waals surface area contributed by atoms with Crippen molar-refractivity contribution < 1.29 is 4.79 Å². The molecule has 0 atom stereocenters. The number of likely N-dealkylation sites (tertiary alicyclic amines) is 1. The summed E-state index contributed by atoms with van der Waals surface area (Å²) < 4.78 is 0. The van der Waals surface area contributed by atoms with Crippen molar-refractivity contribution in [1.82, 2.24) is 4.90 Å². The maximum Gasteiger partial charge on any atom is 0.241 e. The summed E-state index contributed by atoms with van der Waals surface area (Å²) in [6.45, 7) is 6.32. The molecule has 0 aromatic heterocycles. The molecule has 1 aliphatic rings. The molecule has 2 rings (SSSR count). The summed E-state index contributed by atoms with van der Waals surface area (Å²) in [7, 11) is 0. The van der Waals surface area contributed by atoms with Crippen LogP contribution in [0.3, 0.4) is 0 Å². The van der Waals surface area contributed by atoms with Gasteiger partial charge in [0.25, 0.3) is 0 Å². The number of halogens is 1. The number of carbonyl (C=O) groups is 1. The van der Waals surface area contributed by atoms with E-state index in [9.17, 15) is 4.79 Å². The lowest BCUT2D eigenvalue weighted by atomic mass is 9.99. The van der Waals surface area contributed by atoms with Crippen molar-refractivity contribution in [3.8, 4) is 0 Å². The van der Waals surface area contributed by atoms with Gasteiger partial charge in [-0.05, 0) is 43.4 Å². The highest BCUT2D eigenvalue weighted by molar-refractivity contribution is 6.31. The summed E-state index contributed by atoms with van der Waals surface area (Å²) in [6, 6.07) is 5.77. The lowest BCUT2D eigenvalue weighted by Crippen LogP contribution is -2.40. The Morgan fingerprint density at radius 2 is 2.11 bits per heavy atom. The van der Waals surface area contributed by atoms with Gasteiger partial charge in [-0.15, -0.1) is 0 Å². The van der Waals surface area contributed by atoms with E-state index in [-0.39, 0.29) is 5.91 Å². The molecule has 4 heteroatoms. The Kier molecular flexibility index (Phi) is 4.70. The Morgan fingerprint density at radius 1 is 1.42 bits per heavy atom. The first-order chi connectivity index (χ1) is 9.06. The molecular weight excluding hydrogens is 260 g/mol. The van der Waals surface area contributed by atoms with E-state index in [1.807, 2.05) is 30.0 Å². The van der Waals surface area contributed by atoms with Gasteiger partial charge in [-0.3, -0.25) is 4.79 Å².